The number of carbonyl (C=O) groups excluding carboxylic acids is 2. The van der Waals surface area contributed by atoms with Gasteiger partial charge in [-0.25, -0.2) is 8.78 Å². The van der Waals surface area contributed by atoms with Gasteiger partial charge in [0.05, 0.1) is 11.2 Å². The Kier molecular flexibility index (Phi) is 6.00. The standard InChI is InChI=1S/C22H20F2N2O3S/c1-22(2,29)14-9-16(23)19(17(24)10-14)18-8-13(11-27)21(30-18)26-15-6-4-12(5-7-15)20(28)25-3/h4-11,26,29H,1-3H3,(H,25,28). The van der Waals surface area contributed by atoms with E-state index in [1.807, 2.05) is 0 Å². The molecule has 5 nitrogen and oxygen atoms in total. The van der Waals surface area contributed by atoms with Crippen LogP contribution in [0.1, 0.15) is 40.1 Å². The summed E-state index contributed by atoms with van der Waals surface area (Å²) < 4.78 is 29.3. The second-order valence-electron chi connectivity index (χ2n) is 7.17. The lowest BCUT2D eigenvalue weighted by atomic mass is 9.96. The van der Waals surface area contributed by atoms with Crippen molar-refractivity contribution in [1.29, 1.82) is 0 Å². The number of rotatable bonds is 6. The molecule has 0 unspecified atom stereocenters. The molecule has 0 atom stereocenters. The van der Waals surface area contributed by atoms with Crippen LogP contribution in [-0.2, 0) is 5.60 Å². The average Bonchev–Trinajstić information content (AvgIpc) is 3.09. The predicted octanol–water partition coefficient (Wildman–Crippen LogP) is 4.84. The second-order valence-corrected chi connectivity index (χ2v) is 8.22. The number of benzene rings is 2. The van der Waals surface area contributed by atoms with Crippen molar-refractivity contribution in [2.24, 2.45) is 0 Å². The number of anilines is 2. The summed E-state index contributed by atoms with van der Waals surface area (Å²) in [6.45, 7) is 2.88. The number of carbonyl (C=O) groups is 2. The zero-order valence-electron chi connectivity index (χ0n) is 16.5. The van der Waals surface area contributed by atoms with E-state index in [1.165, 1.54) is 27.0 Å². The van der Waals surface area contributed by atoms with Gasteiger partial charge in [0.2, 0.25) is 0 Å². The Labute approximate surface area is 176 Å². The fourth-order valence-corrected chi connectivity index (χ4v) is 3.95. The number of halogens is 2. The summed E-state index contributed by atoms with van der Waals surface area (Å²) >= 11 is 1.02. The molecule has 3 rings (SSSR count). The molecule has 0 saturated heterocycles. The number of aldehydes is 1. The van der Waals surface area contributed by atoms with Crippen LogP contribution in [0, 0.1) is 11.6 Å². The number of aliphatic hydroxyl groups is 1. The van der Waals surface area contributed by atoms with Crippen LogP contribution in [0.5, 0.6) is 0 Å². The van der Waals surface area contributed by atoms with Crippen LogP contribution in [0.3, 0.4) is 0 Å². The van der Waals surface area contributed by atoms with Crippen LogP contribution in [0.4, 0.5) is 19.5 Å². The molecule has 3 aromatic rings. The Bertz CT molecular complexity index is 1080. The average molecular weight is 430 g/mol. The molecule has 30 heavy (non-hydrogen) atoms. The molecule has 0 spiro atoms. The van der Waals surface area contributed by atoms with Crippen molar-refractivity contribution in [2.75, 3.05) is 12.4 Å². The molecule has 8 heteroatoms. The number of amides is 1. The van der Waals surface area contributed by atoms with E-state index < -0.39 is 17.2 Å². The second kappa shape index (κ2) is 8.33. The van der Waals surface area contributed by atoms with Crippen LogP contribution in [0.25, 0.3) is 10.4 Å². The van der Waals surface area contributed by atoms with E-state index in [-0.39, 0.29) is 27.5 Å². The smallest absolute Gasteiger partial charge is 0.251 e. The predicted molar refractivity (Wildman–Crippen MR) is 113 cm³/mol. The third-order valence-corrected chi connectivity index (χ3v) is 5.60. The highest BCUT2D eigenvalue weighted by atomic mass is 32.1. The van der Waals surface area contributed by atoms with Crippen LogP contribution < -0.4 is 10.6 Å². The summed E-state index contributed by atoms with van der Waals surface area (Å²) in [6.07, 6.45) is 0.599. The Morgan fingerprint density at radius 1 is 1.10 bits per heavy atom. The van der Waals surface area contributed by atoms with Gasteiger partial charge < -0.3 is 15.7 Å². The zero-order chi connectivity index (χ0) is 22.1. The molecule has 1 aromatic heterocycles. The van der Waals surface area contributed by atoms with Gasteiger partial charge in [-0.1, -0.05) is 0 Å². The maximum Gasteiger partial charge on any atom is 0.251 e. The van der Waals surface area contributed by atoms with Crippen LogP contribution >= 0.6 is 11.3 Å². The minimum atomic E-state index is -1.39. The number of nitrogens with one attached hydrogen (secondary N) is 2. The van der Waals surface area contributed by atoms with Crippen molar-refractivity contribution in [2.45, 2.75) is 19.4 Å². The maximum absolute atomic E-state index is 14.7. The van der Waals surface area contributed by atoms with E-state index >= 15 is 0 Å². The highest BCUT2D eigenvalue weighted by molar-refractivity contribution is 7.19. The molecule has 0 radical (unpaired) electrons. The van der Waals surface area contributed by atoms with E-state index in [4.69, 9.17) is 0 Å². The summed E-state index contributed by atoms with van der Waals surface area (Å²) in [5, 5.41) is 16.0. The minimum absolute atomic E-state index is 0.114. The van der Waals surface area contributed by atoms with Gasteiger partial charge in [-0.05, 0) is 61.9 Å². The van der Waals surface area contributed by atoms with Gasteiger partial charge in [0.1, 0.15) is 16.6 Å². The van der Waals surface area contributed by atoms with Crippen molar-refractivity contribution >= 4 is 34.2 Å². The molecule has 0 aliphatic rings. The van der Waals surface area contributed by atoms with Crippen LogP contribution in [-0.4, -0.2) is 24.3 Å². The monoisotopic (exact) mass is 430 g/mol. The lowest BCUT2D eigenvalue weighted by Crippen LogP contribution is -2.17. The lowest BCUT2D eigenvalue weighted by molar-refractivity contribution is 0.0778. The van der Waals surface area contributed by atoms with Gasteiger partial charge in [-0.3, -0.25) is 9.59 Å². The molecular formula is C22H20F2N2O3S. The molecule has 2 aromatic carbocycles. The molecule has 0 fully saturated rings. The first kappa shape index (κ1) is 21.6. The Balaban J connectivity index is 1.95. The molecule has 0 bridgehead atoms. The van der Waals surface area contributed by atoms with Crippen molar-refractivity contribution in [3.8, 4) is 10.4 Å². The molecule has 1 amide bonds. The molecule has 0 aliphatic carbocycles. The first-order valence-corrected chi connectivity index (χ1v) is 9.86. The highest BCUT2D eigenvalue weighted by Gasteiger charge is 2.23. The van der Waals surface area contributed by atoms with E-state index in [1.54, 1.807) is 24.3 Å². The van der Waals surface area contributed by atoms with Gasteiger partial charge in [0.15, 0.2) is 6.29 Å². The van der Waals surface area contributed by atoms with Gasteiger partial charge in [-0.15, -0.1) is 11.3 Å². The number of hydrogen-bond acceptors (Lipinski definition) is 5. The van der Waals surface area contributed by atoms with E-state index in [2.05, 4.69) is 10.6 Å². The van der Waals surface area contributed by atoms with E-state index in [0.29, 0.717) is 22.5 Å². The normalized spacial score (nSPS) is 11.3. The first-order chi connectivity index (χ1) is 14.1. The first-order valence-electron chi connectivity index (χ1n) is 9.04. The maximum atomic E-state index is 14.7. The van der Waals surface area contributed by atoms with Crippen molar-refractivity contribution in [3.63, 3.8) is 0 Å². The quantitative estimate of drug-likeness (QED) is 0.489. The van der Waals surface area contributed by atoms with Gasteiger partial charge >= 0.3 is 0 Å². The minimum Gasteiger partial charge on any atom is -0.386 e. The third kappa shape index (κ3) is 4.39. The molecule has 0 saturated carbocycles. The van der Waals surface area contributed by atoms with E-state index in [9.17, 15) is 23.5 Å². The summed E-state index contributed by atoms with van der Waals surface area (Å²) in [5.74, 6) is -1.88. The molecule has 0 aliphatic heterocycles. The van der Waals surface area contributed by atoms with Crippen molar-refractivity contribution < 1.29 is 23.5 Å². The van der Waals surface area contributed by atoms with Gasteiger partial charge in [0.25, 0.3) is 5.91 Å². The number of thiophene rings is 1. The topological polar surface area (TPSA) is 78.4 Å². The fraction of sp³-hybridized carbons (Fsp3) is 0.182. The highest BCUT2D eigenvalue weighted by Crippen LogP contribution is 2.39. The Morgan fingerprint density at radius 2 is 1.70 bits per heavy atom. The summed E-state index contributed by atoms with van der Waals surface area (Å²) in [4.78, 5) is 23.4. The molecule has 156 valence electrons. The third-order valence-electron chi connectivity index (χ3n) is 4.51. The largest absolute Gasteiger partial charge is 0.386 e. The summed E-state index contributed by atoms with van der Waals surface area (Å²) in [7, 11) is 1.53. The van der Waals surface area contributed by atoms with Gasteiger partial charge in [0, 0.05) is 28.7 Å². The SMILES string of the molecule is CNC(=O)c1ccc(Nc2sc(-c3c(F)cc(C(C)(C)O)cc3F)cc2C=O)cc1. The zero-order valence-corrected chi connectivity index (χ0v) is 17.4. The molecule has 1 heterocycles. The van der Waals surface area contributed by atoms with E-state index in [0.717, 1.165) is 23.5 Å². The van der Waals surface area contributed by atoms with Crippen molar-refractivity contribution in [1.82, 2.24) is 5.32 Å². The summed E-state index contributed by atoms with van der Waals surface area (Å²) in [5.41, 5.74) is -0.214. The number of hydrogen-bond donors (Lipinski definition) is 3. The molecule has 3 N–H and O–H groups in total. The van der Waals surface area contributed by atoms with Crippen molar-refractivity contribution in [3.05, 3.63) is 70.8 Å². The van der Waals surface area contributed by atoms with Gasteiger partial charge in [-0.2, -0.15) is 0 Å². The lowest BCUT2D eigenvalue weighted by Gasteiger charge is -2.18. The van der Waals surface area contributed by atoms with Crippen LogP contribution in [0.2, 0.25) is 0 Å². The summed E-state index contributed by atoms with van der Waals surface area (Å²) in [6, 6.07) is 10.1. The molecular weight excluding hydrogens is 410 g/mol. The fourth-order valence-electron chi connectivity index (χ4n) is 2.86. The Morgan fingerprint density at radius 3 is 2.20 bits per heavy atom. The Hall–Kier alpha value is -3.10. The van der Waals surface area contributed by atoms with Crippen LogP contribution in [0.15, 0.2) is 42.5 Å².